The van der Waals surface area contributed by atoms with Crippen LogP contribution in [0.1, 0.15) is 5.56 Å². The highest BCUT2D eigenvalue weighted by Gasteiger charge is 2.12. The summed E-state index contributed by atoms with van der Waals surface area (Å²) >= 11 is 11.3. The average Bonchev–Trinajstić information content (AvgIpc) is 2.70. The number of nitrogens with one attached hydrogen (secondary N) is 1. The van der Waals surface area contributed by atoms with Gasteiger partial charge in [-0.1, -0.05) is 17.7 Å². The molecule has 0 saturated heterocycles. The van der Waals surface area contributed by atoms with E-state index in [2.05, 4.69) is 4.98 Å². The van der Waals surface area contributed by atoms with E-state index in [1.807, 2.05) is 13.0 Å². The van der Waals surface area contributed by atoms with Crippen molar-refractivity contribution in [1.82, 2.24) is 9.55 Å². The zero-order valence-corrected chi connectivity index (χ0v) is 11.9. The van der Waals surface area contributed by atoms with E-state index in [0.717, 1.165) is 11.6 Å². The normalized spacial score (nSPS) is 11.2. The minimum atomic E-state index is -0.678. The van der Waals surface area contributed by atoms with Gasteiger partial charge in [0.15, 0.2) is 10.6 Å². The maximum Gasteiger partial charge on any atom is 0.182 e. The maximum atomic E-state index is 13.7. The van der Waals surface area contributed by atoms with E-state index in [1.54, 1.807) is 16.7 Å². The number of hydrogen-bond acceptors (Lipinski definition) is 1. The first-order valence-corrected chi connectivity index (χ1v) is 6.62. The average molecular weight is 311 g/mol. The number of halogens is 3. The van der Waals surface area contributed by atoms with E-state index in [1.165, 1.54) is 6.07 Å². The van der Waals surface area contributed by atoms with E-state index in [9.17, 15) is 8.78 Å². The molecular formula is C14H9ClF2N2S. The van der Waals surface area contributed by atoms with Crippen LogP contribution in [0.4, 0.5) is 8.78 Å². The zero-order valence-electron chi connectivity index (χ0n) is 10.4. The second-order valence-electron chi connectivity index (χ2n) is 4.48. The zero-order chi connectivity index (χ0) is 14.4. The van der Waals surface area contributed by atoms with Crippen LogP contribution >= 0.6 is 23.8 Å². The van der Waals surface area contributed by atoms with Crippen molar-refractivity contribution < 1.29 is 8.78 Å². The molecule has 3 aromatic rings. The molecule has 3 rings (SSSR count). The lowest BCUT2D eigenvalue weighted by Gasteiger charge is -2.07. The molecule has 0 radical (unpaired) electrons. The maximum absolute atomic E-state index is 13.7. The third-order valence-electron chi connectivity index (χ3n) is 3.12. The van der Waals surface area contributed by atoms with Crippen LogP contribution in [0.15, 0.2) is 30.3 Å². The van der Waals surface area contributed by atoms with Crippen molar-refractivity contribution in [1.29, 1.82) is 0 Å². The van der Waals surface area contributed by atoms with Gasteiger partial charge >= 0.3 is 0 Å². The molecule has 0 saturated carbocycles. The smallest absolute Gasteiger partial charge is 0.182 e. The largest absolute Gasteiger partial charge is 0.328 e. The first kappa shape index (κ1) is 13.3. The van der Waals surface area contributed by atoms with Crippen molar-refractivity contribution in [2.45, 2.75) is 6.92 Å². The molecule has 6 heteroatoms. The van der Waals surface area contributed by atoms with Crippen LogP contribution in [0, 0.1) is 23.3 Å². The molecule has 0 aliphatic rings. The number of fused-ring (bicyclic) bond motifs is 1. The predicted octanol–water partition coefficient (Wildman–Crippen LogP) is 4.93. The molecule has 2 nitrogen and oxygen atoms in total. The second-order valence-corrected chi connectivity index (χ2v) is 5.27. The third-order valence-corrected chi connectivity index (χ3v) is 3.82. The minimum absolute atomic E-state index is 0.174. The van der Waals surface area contributed by atoms with Gasteiger partial charge in [0, 0.05) is 22.8 Å². The standard InChI is InChI=1S/C14H9ClF2N2S/c1-7-2-3-9(6-10(7)15)19-12-5-8(16)4-11(17)13(12)18-14(19)20/h2-6H,1H3,(H,18,20). The highest BCUT2D eigenvalue weighted by atomic mass is 35.5. The number of imidazole rings is 1. The van der Waals surface area contributed by atoms with Gasteiger partial charge in [0.25, 0.3) is 0 Å². The summed E-state index contributed by atoms with van der Waals surface area (Å²) in [6.07, 6.45) is 0. The third kappa shape index (κ3) is 2.03. The first-order chi connectivity index (χ1) is 9.47. The van der Waals surface area contributed by atoms with Crippen LogP contribution in [0.25, 0.3) is 16.7 Å². The summed E-state index contributed by atoms with van der Waals surface area (Å²) in [4.78, 5) is 2.75. The molecule has 0 unspecified atom stereocenters. The Bertz CT molecular complexity index is 883. The summed E-state index contributed by atoms with van der Waals surface area (Å²) in [5.74, 6) is -1.33. The molecular weight excluding hydrogens is 302 g/mol. The number of benzene rings is 2. The fourth-order valence-corrected chi connectivity index (χ4v) is 2.59. The fourth-order valence-electron chi connectivity index (χ4n) is 2.11. The molecule has 0 spiro atoms. The monoisotopic (exact) mass is 310 g/mol. The highest BCUT2D eigenvalue weighted by Crippen LogP contribution is 2.25. The molecule has 1 heterocycles. The van der Waals surface area contributed by atoms with Crippen molar-refractivity contribution in [2.24, 2.45) is 0 Å². The lowest BCUT2D eigenvalue weighted by molar-refractivity contribution is 0.590. The summed E-state index contributed by atoms with van der Waals surface area (Å²) in [5, 5.41) is 0.565. The SMILES string of the molecule is Cc1ccc(-n2c(=S)[nH]c3c(F)cc(F)cc32)cc1Cl. The molecule has 20 heavy (non-hydrogen) atoms. The van der Waals surface area contributed by atoms with Crippen LogP contribution in [-0.2, 0) is 0 Å². The van der Waals surface area contributed by atoms with Crippen LogP contribution in [0.5, 0.6) is 0 Å². The van der Waals surface area contributed by atoms with Gasteiger partial charge in [-0.15, -0.1) is 0 Å². The van der Waals surface area contributed by atoms with Gasteiger partial charge in [0.1, 0.15) is 11.3 Å². The van der Waals surface area contributed by atoms with Crippen LogP contribution in [0.2, 0.25) is 5.02 Å². The van der Waals surface area contributed by atoms with Gasteiger partial charge in [-0.2, -0.15) is 0 Å². The van der Waals surface area contributed by atoms with Crippen molar-refractivity contribution in [2.75, 3.05) is 0 Å². The molecule has 1 aromatic heterocycles. The lowest BCUT2D eigenvalue weighted by Crippen LogP contribution is -1.95. The molecule has 1 N–H and O–H groups in total. The second kappa shape index (κ2) is 4.68. The van der Waals surface area contributed by atoms with Gasteiger partial charge in [0.2, 0.25) is 0 Å². The molecule has 0 bridgehead atoms. The van der Waals surface area contributed by atoms with Crippen LogP contribution < -0.4 is 0 Å². The highest BCUT2D eigenvalue weighted by molar-refractivity contribution is 7.71. The molecule has 0 atom stereocenters. The summed E-state index contributed by atoms with van der Waals surface area (Å²) in [5.41, 5.74) is 2.08. The van der Waals surface area contributed by atoms with Gasteiger partial charge in [-0.25, -0.2) is 8.78 Å². The Hall–Kier alpha value is -1.72. The topological polar surface area (TPSA) is 20.7 Å². The lowest BCUT2D eigenvalue weighted by atomic mass is 10.2. The van der Waals surface area contributed by atoms with Crippen LogP contribution in [0.3, 0.4) is 0 Å². The molecule has 102 valence electrons. The number of nitrogens with zero attached hydrogens (tertiary/aromatic N) is 1. The van der Waals surface area contributed by atoms with E-state index in [0.29, 0.717) is 16.2 Å². The Labute approximate surface area is 123 Å². The van der Waals surface area contributed by atoms with Gasteiger partial charge in [0.05, 0.1) is 5.52 Å². The Morgan fingerprint density at radius 2 is 1.95 bits per heavy atom. The Balaban J connectivity index is 2.38. The first-order valence-electron chi connectivity index (χ1n) is 5.83. The molecule has 0 aliphatic carbocycles. The number of aromatic amines is 1. The predicted molar refractivity (Wildman–Crippen MR) is 78.1 cm³/mol. The summed E-state index contributed by atoms with van der Waals surface area (Å²) in [7, 11) is 0. The summed E-state index contributed by atoms with van der Waals surface area (Å²) < 4.78 is 29.0. The van der Waals surface area contributed by atoms with Gasteiger partial charge < -0.3 is 4.98 Å². The fraction of sp³-hybridized carbons (Fsp3) is 0.0714. The molecule has 0 amide bonds. The number of aromatic nitrogens is 2. The number of rotatable bonds is 1. The van der Waals surface area contributed by atoms with Gasteiger partial charge in [-0.3, -0.25) is 4.57 Å². The molecule has 0 fully saturated rings. The van der Waals surface area contributed by atoms with E-state index in [4.69, 9.17) is 23.8 Å². The number of aryl methyl sites for hydroxylation is 1. The van der Waals surface area contributed by atoms with Crippen molar-refractivity contribution in [3.8, 4) is 5.69 Å². The quantitative estimate of drug-likeness (QED) is 0.632. The van der Waals surface area contributed by atoms with Crippen molar-refractivity contribution in [3.63, 3.8) is 0 Å². The van der Waals surface area contributed by atoms with Crippen molar-refractivity contribution in [3.05, 3.63) is 57.3 Å². The number of hydrogen-bond donors (Lipinski definition) is 1. The number of H-pyrrole nitrogens is 1. The Kier molecular flexibility index (Phi) is 3.11. The summed E-state index contributed by atoms with van der Waals surface area (Å²) in [6, 6.07) is 7.39. The molecule has 0 aliphatic heterocycles. The van der Waals surface area contributed by atoms with E-state index < -0.39 is 11.6 Å². The summed E-state index contributed by atoms with van der Waals surface area (Å²) in [6.45, 7) is 1.87. The minimum Gasteiger partial charge on any atom is -0.328 e. The van der Waals surface area contributed by atoms with E-state index in [-0.39, 0.29) is 10.3 Å². The Morgan fingerprint density at radius 1 is 1.20 bits per heavy atom. The Morgan fingerprint density at radius 3 is 2.65 bits per heavy atom. The molecule has 2 aromatic carbocycles. The van der Waals surface area contributed by atoms with Gasteiger partial charge in [-0.05, 0) is 36.8 Å². The van der Waals surface area contributed by atoms with Crippen LogP contribution in [-0.4, -0.2) is 9.55 Å². The van der Waals surface area contributed by atoms with Crippen molar-refractivity contribution >= 4 is 34.9 Å². The van der Waals surface area contributed by atoms with E-state index >= 15 is 0 Å².